The minimum Gasteiger partial charge on any atom is -0.370 e. The molecule has 0 unspecified atom stereocenters. The predicted octanol–water partition coefficient (Wildman–Crippen LogP) is 2.75. The number of amides is 1. The van der Waals surface area contributed by atoms with Gasteiger partial charge >= 0.3 is 0 Å². The third kappa shape index (κ3) is 3.88. The Kier molecular flexibility index (Phi) is 4.90. The Hall–Kier alpha value is -1.82. The largest absolute Gasteiger partial charge is 0.370 e. The predicted molar refractivity (Wildman–Crippen MR) is 89.7 cm³/mol. The molecule has 0 spiro atoms. The number of benzene rings is 1. The van der Waals surface area contributed by atoms with Crippen LogP contribution in [0.1, 0.15) is 32.8 Å². The monoisotopic (exact) mass is 318 g/mol. The van der Waals surface area contributed by atoms with E-state index in [0.29, 0.717) is 12.2 Å². The van der Waals surface area contributed by atoms with Gasteiger partial charge in [-0.2, -0.15) is 0 Å². The summed E-state index contributed by atoms with van der Waals surface area (Å²) in [5.41, 5.74) is 7.60. The second-order valence-corrected chi connectivity index (χ2v) is 7.32. The topological polar surface area (TPSA) is 73.8 Å². The van der Waals surface area contributed by atoms with Crippen LogP contribution >= 0.6 is 11.8 Å². The Bertz CT molecular complexity index is 656. The standard InChI is InChI=1S/C16H22N4OS/c1-16(2,3)12-7-5-11(6-8-12)14-18-19-15(20(14)4)22-10-9-13(17)21/h5-8H,9-10H2,1-4H3,(H2,17,21). The molecule has 0 fully saturated rings. The number of carbonyl (C=O) groups is 1. The van der Waals surface area contributed by atoms with Crippen LogP contribution in [0.2, 0.25) is 0 Å². The summed E-state index contributed by atoms with van der Waals surface area (Å²) in [5.74, 6) is 1.14. The third-order valence-electron chi connectivity index (χ3n) is 3.42. The molecule has 1 amide bonds. The van der Waals surface area contributed by atoms with Gasteiger partial charge in [0.25, 0.3) is 0 Å². The van der Waals surface area contributed by atoms with Gasteiger partial charge in [0.05, 0.1) is 0 Å². The molecule has 0 bridgehead atoms. The lowest BCUT2D eigenvalue weighted by molar-refractivity contribution is -0.117. The Balaban J connectivity index is 2.16. The molecule has 0 saturated carbocycles. The van der Waals surface area contributed by atoms with Crippen molar-refractivity contribution < 1.29 is 4.79 Å². The van der Waals surface area contributed by atoms with E-state index in [0.717, 1.165) is 16.5 Å². The van der Waals surface area contributed by atoms with Crippen LogP contribution in [-0.2, 0) is 17.3 Å². The molecular weight excluding hydrogens is 296 g/mol. The van der Waals surface area contributed by atoms with Crippen LogP contribution in [0.15, 0.2) is 29.4 Å². The average Bonchev–Trinajstić information content (AvgIpc) is 2.79. The van der Waals surface area contributed by atoms with Crippen molar-refractivity contribution in [2.24, 2.45) is 12.8 Å². The van der Waals surface area contributed by atoms with Crippen LogP contribution < -0.4 is 5.73 Å². The van der Waals surface area contributed by atoms with Gasteiger partial charge in [0, 0.05) is 24.8 Å². The molecule has 2 N–H and O–H groups in total. The van der Waals surface area contributed by atoms with Crippen LogP contribution in [0.5, 0.6) is 0 Å². The zero-order chi connectivity index (χ0) is 16.3. The van der Waals surface area contributed by atoms with Crippen molar-refractivity contribution >= 4 is 17.7 Å². The quantitative estimate of drug-likeness (QED) is 0.860. The van der Waals surface area contributed by atoms with E-state index in [9.17, 15) is 4.79 Å². The zero-order valence-electron chi connectivity index (χ0n) is 13.5. The van der Waals surface area contributed by atoms with Gasteiger partial charge in [0.1, 0.15) is 0 Å². The Morgan fingerprint density at radius 2 is 1.86 bits per heavy atom. The maximum atomic E-state index is 10.8. The van der Waals surface area contributed by atoms with Gasteiger partial charge < -0.3 is 10.3 Å². The molecule has 22 heavy (non-hydrogen) atoms. The fourth-order valence-corrected chi connectivity index (χ4v) is 2.92. The maximum absolute atomic E-state index is 10.8. The van der Waals surface area contributed by atoms with E-state index in [4.69, 9.17) is 5.73 Å². The first kappa shape index (κ1) is 16.5. The highest BCUT2D eigenvalue weighted by Crippen LogP contribution is 2.27. The Morgan fingerprint density at radius 3 is 2.41 bits per heavy atom. The zero-order valence-corrected chi connectivity index (χ0v) is 14.3. The van der Waals surface area contributed by atoms with Crippen molar-refractivity contribution in [2.75, 3.05) is 5.75 Å². The first-order valence-electron chi connectivity index (χ1n) is 7.20. The van der Waals surface area contributed by atoms with Crippen LogP contribution in [-0.4, -0.2) is 26.4 Å². The fourth-order valence-electron chi connectivity index (χ4n) is 2.05. The van der Waals surface area contributed by atoms with E-state index in [1.807, 2.05) is 11.6 Å². The average molecular weight is 318 g/mol. The van der Waals surface area contributed by atoms with Crippen molar-refractivity contribution in [3.8, 4) is 11.4 Å². The molecule has 2 aromatic rings. The molecule has 5 nitrogen and oxygen atoms in total. The van der Waals surface area contributed by atoms with E-state index in [1.54, 1.807) is 0 Å². The number of nitrogens with zero attached hydrogens (tertiary/aromatic N) is 3. The molecule has 0 radical (unpaired) electrons. The molecular formula is C16H22N4OS. The minimum absolute atomic E-state index is 0.133. The van der Waals surface area contributed by atoms with E-state index in [-0.39, 0.29) is 11.3 Å². The number of primary amides is 1. The SMILES string of the molecule is Cn1c(SCCC(N)=O)nnc1-c1ccc(C(C)(C)C)cc1. The van der Waals surface area contributed by atoms with Gasteiger partial charge in [-0.1, -0.05) is 56.8 Å². The van der Waals surface area contributed by atoms with Crippen molar-refractivity contribution in [2.45, 2.75) is 37.8 Å². The van der Waals surface area contributed by atoms with E-state index >= 15 is 0 Å². The molecule has 1 aromatic carbocycles. The highest BCUT2D eigenvalue weighted by Gasteiger charge is 2.15. The first-order chi connectivity index (χ1) is 10.3. The Morgan fingerprint density at radius 1 is 1.23 bits per heavy atom. The fraction of sp³-hybridized carbons (Fsp3) is 0.438. The lowest BCUT2D eigenvalue weighted by Gasteiger charge is -2.19. The number of carbonyl (C=O) groups excluding carboxylic acids is 1. The summed E-state index contributed by atoms with van der Waals surface area (Å²) in [7, 11) is 1.93. The minimum atomic E-state index is -0.298. The van der Waals surface area contributed by atoms with Crippen LogP contribution in [0.3, 0.4) is 0 Å². The summed E-state index contributed by atoms with van der Waals surface area (Å²) in [6.45, 7) is 6.58. The third-order valence-corrected chi connectivity index (χ3v) is 4.45. The molecule has 0 aliphatic heterocycles. The van der Waals surface area contributed by atoms with Gasteiger partial charge in [-0.25, -0.2) is 0 Å². The lowest BCUT2D eigenvalue weighted by atomic mass is 9.87. The van der Waals surface area contributed by atoms with Crippen molar-refractivity contribution in [1.29, 1.82) is 0 Å². The summed E-state index contributed by atoms with van der Waals surface area (Å²) in [5, 5.41) is 9.22. The maximum Gasteiger partial charge on any atom is 0.218 e. The van der Waals surface area contributed by atoms with Crippen LogP contribution in [0.25, 0.3) is 11.4 Å². The molecule has 0 atom stereocenters. The van der Waals surface area contributed by atoms with Crippen LogP contribution in [0.4, 0.5) is 0 Å². The van der Waals surface area contributed by atoms with Gasteiger partial charge in [0.15, 0.2) is 11.0 Å². The van der Waals surface area contributed by atoms with Crippen LogP contribution in [0, 0.1) is 0 Å². The summed E-state index contributed by atoms with van der Waals surface area (Å²) in [6, 6.07) is 8.40. The van der Waals surface area contributed by atoms with Gasteiger partial charge in [0.2, 0.25) is 5.91 Å². The van der Waals surface area contributed by atoms with Crippen molar-refractivity contribution in [3.05, 3.63) is 29.8 Å². The van der Waals surface area contributed by atoms with Gasteiger partial charge in [-0.3, -0.25) is 4.79 Å². The number of hydrogen-bond acceptors (Lipinski definition) is 4. The molecule has 0 aliphatic carbocycles. The highest BCUT2D eigenvalue weighted by atomic mass is 32.2. The molecule has 1 heterocycles. The summed E-state index contributed by atoms with van der Waals surface area (Å²) in [4.78, 5) is 10.8. The molecule has 6 heteroatoms. The molecule has 0 aliphatic rings. The Labute approximate surface area is 135 Å². The summed E-state index contributed by atoms with van der Waals surface area (Å²) in [6.07, 6.45) is 0.340. The summed E-state index contributed by atoms with van der Waals surface area (Å²) < 4.78 is 1.94. The van der Waals surface area contributed by atoms with E-state index < -0.39 is 0 Å². The molecule has 0 saturated heterocycles. The van der Waals surface area contributed by atoms with Gasteiger partial charge in [-0.05, 0) is 11.0 Å². The molecule has 118 valence electrons. The smallest absolute Gasteiger partial charge is 0.218 e. The molecule has 1 aromatic heterocycles. The number of aromatic nitrogens is 3. The molecule has 2 rings (SSSR count). The number of rotatable bonds is 5. The second kappa shape index (κ2) is 6.52. The highest BCUT2D eigenvalue weighted by molar-refractivity contribution is 7.99. The van der Waals surface area contributed by atoms with E-state index in [2.05, 4.69) is 55.2 Å². The first-order valence-corrected chi connectivity index (χ1v) is 8.19. The normalized spacial score (nSPS) is 11.6. The second-order valence-electron chi connectivity index (χ2n) is 6.26. The number of hydrogen-bond donors (Lipinski definition) is 1. The number of thioether (sulfide) groups is 1. The lowest BCUT2D eigenvalue weighted by Crippen LogP contribution is -2.11. The van der Waals surface area contributed by atoms with Crippen molar-refractivity contribution in [3.63, 3.8) is 0 Å². The van der Waals surface area contributed by atoms with E-state index in [1.165, 1.54) is 17.3 Å². The summed E-state index contributed by atoms with van der Waals surface area (Å²) >= 11 is 1.49. The van der Waals surface area contributed by atoms with Crippen molar-refractivity contribution in [1.82, 2.24) is 14.8 Å². The number of nitrogens with two attached hydrogens (primary N) is 1. The van der Waals surface area contributed by atoms with Gasteiger partial charge in [-0.15, -0.1) is 10.2 Å².